The highest BCUT2D eigenvalue weighted by Gasteiger charge is 2.29. The third-order valence-electron chi connectivity index (χ3n) is 4.20. The number of unbranched alkanes of at least 4 members (excludes halogenated alkanes) is 1. The lowest BCUT2D eigenvalue weighted by Crippen LogP contribution is -2.43. The molecule has 3 atom stereocenters. The summed E-state index contributed by atoms with van der Waals surface area (Å²) in [6.45, 7) is 16.1. The molecule has 1 rings (SSSR count). The van der Waals surface area contributed by atoms with Gasteiger partial charge in [-0.2, -0.15) is 0 Å². The molecule has 1 heteroatoms. The Labute approximate surface area is 108 Å². The van der Waals surface area contributed by atoms with Gasteiger partial charge in [0, 0.05) is 18.3 Å². The van der Waals surface area contributed by atoms with Crippen molar-refractivity contribution in [2.45, 2.75) is 58.9 Å². The van der Waals surface area contributed by atoms with E-state index < -0.39 is 0 Å². The number of likely N-dealkylation sites (tertiary alicyclic amines) is 1. The van der Waals surface area contributed by atoms with Crippen LogP contribution in [0.3, 0.4) is 0 Å². The van der Waals surface area contributed by atoms with Crippen LogP contribution in [0.15, 0.2) is 24.9 Å². The number of piperidine rings is 1. The van der Waals surface area contributed by atoms with Gasteiger partial charge in [-0.3, -0.25) is 0 Å². The summed E-state index contributed by atoms with van der Waals surface area (Å²) in [5.74, 6) is 1.41. The van der Waals surface area contributed by atoms with Crippen molar-refractivity contribution >= 4 is 0 Å². The van der Waals surface area contributed by atoms with E-state index >= 15 is 0 Å². The average Bonchev–Trinajstić information content (AvgIpc) is 2.33. The van der Waals surface area contributed by atoms with Crippen LogP contribution < -0.4 is 0 Å². The molecule has 0 bridgehead atoms. The molecule has 98 valence electrons. The van der Waals surface area contributed by atoms with Crippen molar-refractivity contribution in [3.05, 3.63) is 24.9 Å². The van der Waals surface area contributed by atoms with Crippen molar-refractivity contribution in [1.29, 1.82) is 0 Å². The van der Waals surface area contributed by atoms with Crippen LogP contribution in [-0.2, 0) is 0 Å². The van der Waals surface area contributed by atoms with Crippen LogP contribution >= 0.6 is 0 Å². The van der Waals surface area contributed by atoms with Crippen molar-refractivity contribution in [3.8, 4) is 0 Å². The van der Waals surface area contributed by atoms with Gasteiger partial charge in [0.2, 0.25) is 0 Å². The minimum Gasteiger partial charge on any atom is -0.372 e. The smallest absolute Gasteiger partial charge is 0.0287 e. The Kier molecular flexibility index (Phi) is 5.80. The Morgan fingerprint density at radius 1 is 1.53 bits per heavy atom. The van der Waals surface area contributed by atoms with Crippen molar-refractivity contribution in [1.82, 2.24) is 4.90 Å². The summed E-state index contributed by atoms with van der Waals surface area (Å²) < 4.78 is 0. The van der Waals surface area contributed by atoms with E-state index in [2.05, 4.69) is 44.9 Å². The first-order valence-corrected chi connectivity index (χ1v) is 7.17. The molecule has 1 aliphatic heterocycles. The highest BCUT2D eigenvalue weighted by molar-refractivity contribution is 5.03. The number of hydrogen-bond acceptors (Lipinski definition) is 1. The Morgan fingerprint density at radius 3 is 2.82 bits per heavy atom. The maximum atomic E-state index is 4.24. The Balaban J connectivity index is 2.59. The molecule has 0 aromatic rings. The van der Waals surface area contributed by atoms with Crippen LogP contribution in [0.25, 0.3) is 0 Å². The fourth-order valence-corrected chi connectivity index (χ4v) is 2.81. The lowest BCUT2D eigenvalue weighted by molar-refractivity contribution is 0.132. The standard InChI is InChI=1S/C16H29N/c1-6-8-9-16-11-10-14(4)17(15(16)5)12-13(3)7-2/h7,13,15-16H,2,4,6,8-12H2,1,3,5H3. The zero-order valence-electron chi connectivity index (χ0n) is 11.9. The molecule has 0 amide bonds. The Morgan fingerprint density at radius 2 is 2.24 bits per heavy atom. The van der Waals surface area contributed by atoms with Crippen LogP contribution in [0.2, 0.25) is 0 Å². The summed E-state index contributed by atoms with van der Waals surface area (Å²) in [5.41, 5.74) is 1.33. The molecule has 0 radical (unpaired) electrons. The maximum absolute atomic E-state index is 4.24. The fraction of sp³-hybridized carbons (Fsp3) is 0.750. The lowest BCUT2D eigenvalue weighted by Gasteiger charge is -2.43. The predicted molar refractivity (Wildman–Crippen MR) is 76.9 cm³/mol. The molecule has 0 aliphatic carbocycles. The summed E-state index contributed by atoms with van der Waals surface area (Å²) in [6, 6.07) is 0.658. The molecule has 0 aromatic carbocycles. The van der Waals surface area contributed by atoms with Crippen LogP contribution in [0.5, 0.6) is 0 Å². The Bertz CT molecular complexity index is 256. The molecule has 3 unspecified atom stereocenters. The van der Waals surface area contributed by atoms with Gasteiger partial charge in [0.1, 0.15) is 0 Å². The molecule has 0 spiro atoms. The van der Waals surface area contributed by atoms with Gasteiger partial charge >= 0.3 is 0 Å². The second-order valence-corrected chi connectivity index (χ2v) is 5.61. The highest BCUT2D eigenvalue weighted by atomic mass is 15.2. The summed E-state index contributed by atoms with van der Waals surface area (Å²) in [6.07, 6.45) is 8.63. The molecule has 0 aromatic heterocycles. The number of allylic oxidation sites excluding steroid dienone is 1. The normalized spacial score (nSPS) is 27.0. The number of rotatable bonds is 6. The summed E-state index contributed by atoms with van der Waals surface area (Å²) in [4.78, 5) is 2.52. The van der Waals surface area contributed by atoms with Gasteiger partial charge in [0.05, 0.1) is 0 Å². The first kappa shape index (κ1) is 14.3. The average molecular weight is 235 g/mol. The van der Waals surface area contributed by atoms with Crippen LogP contribution in [0.1, 0.15) is 52.9 Å². The monoisotopic (exact) mass is 235 g/mol. The van der Waals surface area contributed by atoms with Crippen LogP contribution in [0.4, 0.5) is 0 Å². The maximum Gasteiger partial charge on any atom is 0.0287 e. The summed E-state index contributed by atoms with van der Waals surface area (Å²) in [5, 5.41) is 0. The van der Waals surface area contributed by atoms with Crippen LogP contribution in [-0.4, -0.2) is 17.5 Å². The molecule has 0 N–H and O–H groups in total. The first-order valence-electron chi connectivity index (χ1n) is 7.17. The molecule has 1 heterocycles. The zero-order valence-corrected chi connectivity index (χ0v) is 11.9. The second kappa shape index (κ2) is 6.88. The fourth-order valence-electron chi connectivity index (χ4n) is 2.81. The lowest BCUT2D eigenvalue weighted by atomic mass is 9.84. The van der Waals surface area contributed by atoms with E-state index in [0.717, 1.165) is 12.5 Å². The minimum atomic E-state index is 0.555. The van der Waals surface area contributed by atoms with Crippen molar-refractivity contribution in [3.63, 3.8) is 0 Å². The largest absolute Gasteiger partial charge is 0.372 e. The minimum absolute atomic E-state index is 0.555. The molecular formula is C16H29N. The van der Waals surface area contributed by atoms with E-state index in [9.17, 15) is 0 Å². The molecule has 1 aliphatic rings. The van der Waals surface area contributed by atoms with E-state index in [-0.39, 0.29) is 0 Å². The van der Waals surface area contributed by atoms with Gasteiger partial charge in [0.15, 0.2) is 0 Å². The van der Waals surface area contributed by atoms with Crippen LogP contribution in [0, 0.1) is 11.8 Å². The van der Waals surface area contributed by atoms with Crippen molar-refractivity contribution < 1.29 is 0 Å². The van der Waals surface area contributed by atoms with Gasteiger partial charge in [0.25, 0.3) is 0 Å². The van der Waals surface area contributed by atoms with E-state index in [1.807, 2.05) is 0 Å². The van der Waals surface area contributed by atoms with Gasteiger partial charge in [-0.05, 0) is 38.0 Å². The van der Waals surface area contributed by atoms with Gasteiger partial charge < -0.3 is 4.90 Å². The van der Waals surface area contributed by atoms with Crippen molar-refractivity contribution in [2.24, 2.45) is 11.8 Å². The quantitative estimate of drug-likeness (QED) is 0.608. The molecule has 0 saturated carbocycles. The third-order valence-corrected chi connectivity index (χ3v) is 4.20. The topological polar surface area (TPSA) is 3.24 Å². The Hall–Kier alpha value is -0.720. The SMILES string of the molecule is C=CC(C)CN1C(=C)CCC(CCCC)C1C. The number of nitrogens with zero attached hydrogens (tertiary/aromatic N) is 1. The van der Waals surface area contributed by atoms with Gasteiger partial charge in [-0.15, -0.1) is 6.58 Å². The molecule has 17 heavy (non-hydrogen) atoms. The zero-order chi connectivity index (χ0) is 12.8. The van der Waals surface area contributed by atoms with E-state index in [0.29, 0.717) is 12.0 Å². The summed E-state index contributed by atoms with van der Waals surface area (Å²) >= 11 is 0. The van der Waals surface area contributed by atoms with Gasteiger partial charge in [-0.1, -0.05) is 39.3 Å². The highest BCUT2D eigenvalue weighted by Crippen LogP contribution is 2.33. The van der Waals surface area contributed by atoms with Gasteiger partial charge in [-0.25, -0.2) is 0 Å². The van der Waals surface area contributed by atoms with Crippen molar-refractivity contribution in [2.75, 3.05) is 6.54 Å². The predicted octanol–water partition coefficient (Wildman–Crippen LogP) is 4.61. The first-order chi connectivity index (χ1) is 8.10. The second-order valence-electron chi connectivity index (χ2n) is 5.61. The molecular weight excluding hydrogens is 206 g/mol. The third kappa shape index (κ3) is 3.90. The summed E-state index contributed by atoms with van der Waals surface area (Å²) in [7, 11) is 0. The molecule has 1 nitrogen and oxygen atoms in total. The van der Waals surface area contributed by atoms with E-state index in [4.69, 9.17) is 0 Å². The van der Waals surface area contributed by atoms with E-state index in [1.54, 1.807) is 0 Å². The molecule has 1 saturated heterocycles. The number of hydrogen-bond donors (Lipinski definition) is 0. The van der Waals surface area contributed by atoms with E-state index in [1.165, 1.54) is 37.8 Å². The molecule has 1 fully saturated rings.